The largest absolute Gasteiger partial charge is 0.333 e. The first kappa shape index (κ1) is 36.7. The standard InChI is InChI=1S/C59H42N4/c1-62-57(42-24-11-4-12-25-42)60-56(41-22-9-3-10-23-41)61-58(62)44-26-19-31-47(36-44)63-54-37-43(40-20-7-2-8-21-40)34-35-49(54)51-38-53-50(39-55(51)63)48-32-17-18-33-52(48)59(53,45-27-13-5-14-28-45)46-29-15-6-16-30-46/h2-39,57H,1H3. The van der Waals surface area contributed by atoms with Crippen molar-refractivity contribution in [2.24, 2.45) is 9.98 Å². The smallest absolute Gasteiger partial charge is 0.159 e. The molecule has 0 spiro atoms. The average molecular weight is 807 g/mol. The minimum atomic E-state index is -0.502. The molecule has 298 valence electrons. The van der Waals surface area contributed by atoms with E-state index in [1.165, 1.54) is 55.3 Å². The summed E-state index contributed by atoms with van der Waals surface area (Å²) in [5, 5.41) is 2.42. The van der Waals surface area contributed by atoms with Gasteiger partial charge in [-0.15, -0.1) is 0 Å². The second kappa shape index (κ2) is 14.8. The van der Waals surface area contributed by atoms with E-state index in [-0.39, 0.29) is 6.17 Å². The lowest BCUT2D eigenvalue weighted by Crippen LogP contribution is -2.35. The molecule has 0 radical (unpaired) electrons. The highest BCUT2D eigenvalue weighted by molar-refractivity contribution is 6.14. The van der Waals surface area contributed by atoms with Crippen LogP contribution in [0.4, 0.5) is 0 Å². The zero-order valence-electron chi connectivity index (χ0n) is 34.8. The van der Waals surface area contributed by atoms with Gasteiger partial charge in [0.1, 0.15) is 12.0 Å². The first-order valence-corrected chi connectivity index (χ1v) is 21.7. The van der Waals surface area contributed by atoms with Crippen LogP contribution in [0.25, 0.3) is 49.7 Å². The maximum atomic E-state index is 5.31. The molecule has 1 aliphatic carbocycles. The van der Waals surface area contributed by atoms with Crippen molar-refractivity contribution in [1.29, 1.82) is 0 Å². The molecule has 1 aliphatic heterocycles. The average Bonchev–Trinajstić information content (AvgIpc) is 3.84. The number of amidine groups is 2. The predicted molar refractivity (Wildman–Crippen MR) is 260 cm³/mol. The number of fused-ring (bicyclic) bond motifs is 6. The number of benzene rings is 9. The van der Waals surface area contributed by atoms with Crippen molar-refractivity contribution in [2.75, 3.05) is 7.05 Å². The van der Waals surface area contributed by atoms with E-state index in [1.54, 1.807) is 0 Å². The second-order valence-electron chi connectivity index (χ2n) is 16.6. The summed E-state index contributed by atoms with van der Waals surface area (Å²) in [6, 6.07) is 83.5. The van der Waals surface area contributed by atoms with Gasteiger partial charge in [0, 0.05) is 34.6 Å². The highest BCUT2D eigenvalue weighted by Gasteiger charge is 2.46. The zero-order chi connectivity index (χ0) is 41.9. The number of aromatic nitrogens is 1. The zero-order valence-corrected chi connectivity index (χ0v) is 34.8. The molecule has 63 heavy (non-hydrogen) atoms. The number of aliphatic imine (C=N–C) groups is 2. The van der Waals surface area contributed by atoms with Gasteiger partial charge in [-0.25, -0.2) is 9.98 Å². The lowest BCUT2D eigenvalue weighted by Gasteiger charge is -2.34. The van der Waals surface area contributed by atoms with Gasteiger partial charge in [-0.2, -0.15) is 0 Å². The van der Waals surface area contributed by atoms with Crippen molar-refractivity contribution in [3.63, 3.8) is 0 Å². The lowest BCUT2D eigenvalue weighted by atomic mass is 9.67. The Morgan fingerprint density at radius 2 is 1.02 bits per heavy atom. The van der Waals surface area contributed by atoms with E-state index in [1.807, 2.05) is 18.2 Å². The van der Waals surface area contributed by atoms with E-state index in [0.29, 0.717) is 0 Å². The lowest BCUT2D eigenvalue weighted by molar-refractivity contribution is 0.383. The van der Waals surface area contributed by atoms with Crippen molar-refractivity contribution in [3.05, 3.63) is 269 Å². The molecule has 4 heteroatoms. The predicted octanol–water partition coefficient (Wildman–Crippen LogP) is 13.7. The summed E-state index contributed by atoms with van der Waals surface area (Å²) >= 11 is 0. The van der Waals surface area contributed by atoms with Gasteiger partial charge >= 0.3 is 0 Å². The van der Waals surface area contributed by atoms with Gasteiger partial charge in [0.25, 0.3) is 0 Å². The number of rotatable bonds is 7. The van der Waals surface area contributed by atoms with E-state index in [9.17, 15) is 0 Å². The number of hydrogen-bond acceptors (Lipinski definition) is 3. The van der Waals surface area contributed by atoms with Gasteiger partial charge < -0.3 is 9.47 Å². The molecule has 0 bridgehead atoms. The molecule has 12 rings (SSSR count). The number of nitrogens with zero attached hydrogens (tertiary/aromatic N) is 4. The topological polar surface area (TPSA) is 32.9 Å². The van der Waals surface area contributed by atoms with Crippen LogP contribution in [0.3, 0.4) is 0 Å². The summed E-state index contributed by atoms with van der Waals surface area (Å²) in [7, 11) is 2.10. The molecule has 2 aliphatic rings. The van der Waals surface area contributed by atoms with Crippen LogP contribution in [0.5, 0.6) is 0 Å². The summed E-state index contributed by atoms with van der Waals surface area (Å²) in [4.78, 5) is 12.7. The van der Waals surface area contributed by atoms with Crippen molar-refractivity contribution in [2.45, 2.75) is 11.6 Å². The summed E-state index contributed by atoms with van der Waals surface area (Å²) in [5.74, 6) is 1.59. The fourth-order valence-corrected chi connectivity index (χ4v) is 10.3. The van der Waals surface area contributed by atoms with Gasteiger partial charge in [0.05, 0.1) is 16.4 Å². The molecule has 9 aromatic carbocycles. The summed E-state index contributed by atoms with van der Waals surface area (Å²) in [6.45, 7) is 0. The molecule has 0 saturated carbocycles. The Balaban J connectivity index is 1.12. The van der Waals surface area contributed by atoms with Crippen LogP contribution < -0.4 is 0 Å². The van der Waals surface area contributed by atoms with E-state index in [0.717, 1.165) is 45.1 Å². The normalized spacial score (nSPS) is 15.2. The minimum absolute atomic E-state index is 0.239. The maximum absolute atomic E-state index is 5.31. The second-order valence-corrected chi connectivity index (χ2v) is 16.6. The quantitative estimate of drug-likeness (QED) is 0.158. The Kier molecular flexibility index (Phi) is 8.65. The Labute approximate surface area is 367 Å². The van der Waals surface area contributed by atoms with Gasteiger partial charge in [-0.1, -0.05) is 200 Å². The molecule has 4 nitrogen and oxygen atoms in total. The monoisotopic (exact) mass is 806 g/mol. The van der Waals surface area contributed by atoms with E-state index in [2.05, 4.69) is 229 Å². The van der Waals surface area contributed by atoms with Crippen LogP contribution in [-0.2, 0) is 5.41 Å². The number of hydrogen-bond donors (Lipinski definition) is 0. The SMILES string of the molecule is CN1C(c2cccc(-n3c4cc(-c5ccccc5)ccc4c4cc5c(cc43)-c3ccccc3C5(c3ccccc3)c3ccccc3)c2)=NC(c2ccccc2)=NC1c1ccccc1. The van der Waals surface area contributed by atoms with Gasteiger partial charge in [0.15, 0.2) is 5.84 Å². The minimum Gasteiger partial charge on any atom is -0.333 e. The molecular weight excluding hydrogens is 765 g/mol. The molecule has 0 N–H and O–H groups in total. The maximum Gasteiger partial charge on any atom is 0.159 e. The molecule has 0 fully saturated rings. The molecule has 10 aromatic rings. The Morgan fingerprint density at radius 3 is 1.71 bits per heavy atom. The molecule has 0 saturated heterocycles. The van der Waals surface area contributed by atoms with Crippen LogP contribution in [0.2, 0.25) is 0 Å². The van der Waals surface area contributed by atoms with E-state index >= 15 is 0 Å². The van der Waals surface area contributed by atoms with Gasteiger partial charge in [-0.05, 0) is 80.4 Å². The van der Waals surface area contributed by atoms with Crippen LogP contribution >= 0.6 is 0 Å². The third-order valence-corrected chi connectivity index (χ3v) is 13.1. The fraction of sp³-hybridized carbons (Fsp3) is 0.0508. The third-order valence-electron chi connectivity index (χ3n) is 13.1. The van der Waals surface area contributed by atoms with Gasteiger partial charge in [0.2, 0.25) is 0 Å². The molecule has 0 amide bonds. The third kappa shape index (κ3) is 5.83. The molecule has 1 atom stereocenters. The van der Waals surface area contributed by atoms with E-state index in [4.69, 9.17) is 9.98 Å². The summed E-state index contributed by atoms with van der Waals surface area (Å²) in [5.41, 5.74) is 16.0. The molecule has 1 aromatic heterocycles. The van der Waals surface area contributed by atoms with Crippen molar-refractivity contribution < 1.29 is 0 Å². The summed E-state index contributed by atoms with van der Waals surface area (Å²) in [6.07, 6.45) is -0.239. The van der Waals surface area contributed by atoms with Crippen molar-refractivity contribution >= 4 is 33.5 Å². The highest BCUT2D eigenvalue weighted by Crippen LogP contribution is 2.57. The van der Waals surface area contributed by atoms with Crippen molar-refractivity contribution in [1.82, 2.24) is 9.47 Å². The molecular formula is C59H42N4. The first-order chi connectivity index (χ1) is 31.2. The van der Waals surface area contributed by atoms with Crippen LogP contribution in [-0.4, -0.2) is 28.2 Å². The van der Waals surface area contributed by atoms with Crippen LogP contribution in [0, 0.1) is 0 Å². The Bertz CT molecular complexity index is 3350. The summed E-state index contributed by atoms with van der Waals surface area (Å²) < 4.78 is 2.47. The van der Waals surface area contributed by atoms with Gasteiger partial charge in [-0.3, -0.25) is 0 Å². The van der Waals surface area contributed by atoms with Crippen LogP contribution in [0.1, 0.15) is 45.1 Å². The van der Waals surface area contributed by atoms with Crippen molar-refractivity contribution in [3.8, 4) is 27.9 Å². The highest BCUT2D eigenvalue weighted by atomic mass is 15.3. The first-order valence-electron chi connectivity index (χ1n) is 21.7. The van der Waals surface area contributed by atoms with Crippen LogP contribution in [0.15, 0.2) is 241 Å². The Hall–Kier alpha value is -8.08. The van der Waals surface area contributed by atoms with E-state index < -0.39 is 5.41 Å². The molecule has 1 unspecified atom stereocenters. The Morgan fingerprint density at radius 1 is 0.429 bits per heavy atom. The fourth-order valence-electron chi connectivity index (χ4n) is 10.3. The molecule has 2 heterocycles.